The van der Waals surface area contributed by atoms with E-state index in [-0.39, 0.29) is 35.9 Å². The lowest BCUT2D eigenvalue weighted by Crippen LogP contribution is -2.51. The molecule has 0 radical (unpaired) electrons. The van der Waals surface area contributed by atoms with Crippen LogP contribution in [0.15, 0.2) is 72.5 Å². The molecule has 6 nitrogen and oxygen atoms in total. The number of piperazine rings is 1. The zero-order valence-corrected chi connectivity index (χ0v) is 20.2. The van der Waals surface area contributed by atoms with Crippen LogP contribution >= 0.6 is 0 Å². The lowest BCUT2D eigenvalue weighted by Gasteiger charge is -2.35. The van der Waals surface area contributed by atoms with Crippen molar-refractivity contribution in [1.82, 2.24) is 14.9 Å². The van der Waals surface area contributed by atoms with Crippen molar-refractivity contribution in [1.29, 1.82) is 0 Å². The molecule has 190 valence electrons. The number of nitrogens with zero attached hydrogens (tertiary/aromatic N) is 3. The third kappa shape index (κ3) is 6.57. The number of halogens is 2. The van der Waals surface area contributed by atoms with Crippen LogP contribution in [0.4, 0.5) is 8.78 Å². The van der Waals surface area contributed by atoms with Crippen molar-refractivity contribution >= 4 is 11.8 Å². The van der Waals surface area contributed by atoms with E-state index in [1.165, 1.54) is 30.5 Å². The number of hydroxylamine groups is 2. The molecule has 2 aromatic carbocycles. The summed E-state index contributed by atoms with van der Waals surface area (Å²) in [5.74, 6) is -0.605. The van der Waals surface area contributed by atoms with E-state index in [4.69, 9.17) is 0 Å². The van der Waals surface area contributed by atoms with Crippen molar-refractivity contribution in [2.45, 2.75) is 31.6 Å². The Morgan fingerprint density at radius 1 is 0.833 bits per heavy atom. The predicted molar refractivity (Wildman–Crippen MR) is 132 cm³/mol. The first-order valence-electron chi connectivity index (χ1n) is 12.3. The fourth-order valence-corrected chi connectivity index (χ4v) is 4.69. The van der Waals surface area contributed by atoms with Crippen LogP contribution in [0.5, 0.6) is 0 Å². The van der Waals surface area contributed by atoms with Gasteiger partial charge < -0.3 is 9.80 Å². The van der Waals surface area contributed by atoms with E-state index in [2.05, 4.69) is 0 Å². The van der Waals surface area contributed by atoms with Crippen LogP contribution < -0.4 is 0 Å². The number of hydrogen-bond acceptors (Lipinski definition) is 4. The second-order valence-corrected chi connectivity index (χ2v) is 9.17. The average Bonchev–Trinajstić information content (AvgIpc) is 2.90. The topological polar surface area (TPSA) is 64.1 Å². The zero-order valence-electron chi connectivity index (χ0n) is 20.2. The molecule has 36 heavy (non-hydrogen) atoms. The number of carbonyl (C=O) groups is 2. The lowest BCUT2D eigenvalue weighted by atomic mass is 9.87. The normalized spacial score (nSPS) is 15.9. The van der Waals surface area contributed by atoms with E-state index >= 15 is 0 Å². The van der Waals surface area contributed by atoms with E-state index in [0.29, 0.717) is 44.6 Å². The summed E-state index contributed by atoms with van der Waals surface area (Å²) in [6.07, 6.45) is 7.44. The first kappa shape index (κ1) is 25.6. The molecule has 1 saturated heterocycles. The Bertz CT molecular complexity index is 1060. The minimum absolute atomic E-state index is 0.00286. The van der Waals surface area contributed by atoms with Crippen LogP contribution in [0, 0.1) is 11.6 Å². The summed E-state index contributed by atoms with van der Waals surface area (Å²) < 4.78 is 26.9. The van der Waals surface area contributed by atoms with Crippen molar-refractivity contribution in [2.24, 2.45) is 0 Å². The molecule has 0 bridgehead atoms. The van der Waals surface area contributed by atoms with Gasteiger partial charge in [-0.15, -0.1) is 0 Å². The van der Waals surface area contributed by atoms with Crippen LogP contribution in [0.1, 0.15) is 42.7 Å². The van der Waals surface area contributed by atoms with E-state index in [1.807, 2.05) is 4.90 Å². The summed E-state index contributed by atoms with van der Waals surface area (Å²) >= 11 is 0. The van der Waals surface area contributed by atoms with Gasteiger partial charge in [-0.05, 0) is 60.4 Å². The van der Waals surface area contributed by atoms with Crippen molar-refractivity contribution in [3.05, 3.63) is 95.2 Å². The number of carbonyl (C=O) groups excluding carboxylic acids is 2. The third-order valence-electron chi connectivity index (χ3n) is 6.77. The highest BCUT2D eigenvalue weighted by Gasteiger charge is 2.25. The molecule has 2 aliphatic heterocycles. The van der Waals surface area contributed by atoms with Crippen LogP contribution in [0.3, 0.4) is 0 Å². The molecule has 1 N–H and O–H groups in total. The number of amides is 2. The maximum Gasteiger partial charge on any atom is 0.253 e. The van der Waals surface area contributed by atoms with Gasteiger partial charge in [-0.25, -0.2) is 8.78 Å². The second-order valence-electron chi connectivity index (χ2n) is 9.17. The van der Waals surface area contributed by atoms with E-state index < -0.39 is 0 Å². The SMILES string of the molecule is O=C(CCCCC(c1ccc(F)cc1)c1ccc(F)cc1)N1CCN(C(=O)C2=CCN(O)C=C2)CC1. The molecule has 2 amide bonds. The fourth-order valence-electron chi connectivity index (χ4n) is 4.69. The summed E-state index contributed by atoms with van der Waals surface area (Å²) in [5.41, 5.74) is 2.48. The standard InChI is InChI=1S/C28H31F2N3O3/c29-24-9-5-21(6-10-24)26(22-7-11-25(30)12-8-22)3-1-2-4-27(34)31-17-19-32(20-18-31)28(35)23-13-15-33(36)16-14-23/h5-15,26,36H,1-4,16-20H2. The molecule has 0 aromatic heterocycles. The van der Waals surface area contributed by atoms with Gasteiger partial charge >= 0.3 is 0 Å². The summed E-state index contributed by atoms with van der Waals surface area (Å²) in [7, 11) is 0. The first-order valence-corrected chi connectivity index (χ1v) is 12.3. The Kier molecular flexibility index (Phi) is 8.48. The van der Waals surface area contributed by atoms with Crippen LogP contribution in [-0.2, 0) is 9.59 Å². The highest BCUT2D eigenvalue weighted by atomic mass is 19.1. The molecule has 4 rings (SSSR count). The largest absolute Gasteiger partial charge is 0.339 e. The molecule has 2 aliphatic rings. The first-order chi connectivity index (χ1) is 17.4. The quantitative estimate of drug-likeness (QED) is 0.549. The number of hydrogen-bond donors (Lipinski definition) is 1. The molecular weight excluding hydrogens is 464 g/mol. The van der Waals surface area contributed by atoms with Gasteiger partial charge in [-0.2, -0.15) is 0 Å². The molecule has 2 aromatic rings. The predicted octanol–water partition coefficient (Wildman–Crippen LogP) is 4.47. The van der Waals surface area contributed by atoms with E-state index in [9.17, 15) is 23.6 Å². The Hall–Kier alpha value is -3.52. The molecule has 1 fully saturated rings. The minimum atomic E-state index is -0.298. The summed E-state index contributed by atoms with van der Waals surface area (Å²) in [6.45, 7) is 2.24. The van der Waals surface area contributed by atoms with Gasteiger partial charge in [0.15, 0.2) is 0 Å². The maximum atomic E-state index is 13.4. The molecule has 0 atom stereocenters. The number of rotatable bonds is 8. The summed E-state index contributed by atoms with van der Waals surface area (Å²) in [5, 5.41) is 10.4. The van der Waals surface area contributed by atoms with Crippen LogP contribution in [0.2, 0.25) is 0 Å². The van der Waals surface area contributed by atoms with Gasteiger partial charge in [0, 0.05) is 50.3 Å². The lowest BCUT2D eigenvalue weighted by molar-refractivity contribution is -0.137. The Morgan fingerprint density at radius 3 is 1.92 bits per heavy atom. The Morgan fingerprint density at radius 2 is 1.39 bits per heavy atom. The van der Waals surface area contributed by atoms with Crippen molar-refractivity contribution < 1.29 is 23.6 Å². The second kappa shape index (κ2) is 11.9. The van der Waals surface area contributed by atoms with Gasteiger partial charge in [-0.1, -0.05) is 30.7 Å². The van der Waals surface area contributed by atoms with Gasteiger partial charge in [0.1, 0.15) is 11.6 Å². The van der Waals surface area contributed by atoms with Gasteiger partial charge in [0.2, 0.25) is 5.91 Å². The Balaban J connectivity index is 1.25. The molecule has 0 spiro atoms. The number of benzene rings is 2. The van der Waals surface area contributed by atoms with Crippen molar-refractivity contribution in [3.8, 4) is 0 Å². The monoisotopic (exact) mass is 495 g/mol. The van der Waals surface area contributed by atoms with Gasteiger partial charge in [0.05, 0.1) is 6.54 Å². The van der Waals surface area contributed by atoms with Gasteiger partial charge in [-0.3, -0.25) is 19.9 Å². The fraction of sp³-hybridized carbons (Fsp3) is 0.357. The molecule has 8 heteroatoms. The highest BCUT2D eigenvalue weighted by molar-refractivity contribution is 5.96. The molecule has 0 unspecified atom stereocenters. The minimum Gasteiger partial charge on any atom is -0.339 e. The third-order valence-corrected chi connectivity index (χ3v) is 6.77. The summed E-state index contributed by atoms with van der Waals surface area (Å²) in [6, 6.07) is 12.8. The van der Waals surface area contributed by atoms with Gasteiger partial charge in [0.25, 0.3) is 5.91 Å². The highest BCUT2D eigenvalue weighted by Crippen LogP contribution is 2.30. The average molecular weight is 496 g/mol. The molecular formula is C28H31F2N3O3. The number of unbranched alkanes of at least 4 members (excludes halogenated alkanes) is 1. The Labute approximate surface area is 210 Å². The molecule has 0 saturated carbocycles. The summed E-state index contributed by atoms with van der Waals surface area (Å²) in [4.78, 5) is 28.9. The van der Waals surface area contributed by atoms with E-state index in [0.717, 1.165) is 29.0 Å². The van der Waals surface area contributed by atoms with E-state index in [1.54, 1.807) is 41.3 Å². The smallest absolute Gasteiger partial charge is 0.253 e. The maximum absolute atomic E-state index is 13.4. The molecule has 2 heterocycles. The van der Waals surface area contributed by atoms with Crippen molar-refractivity contribution in [2.75, 3.05) is 32.7 Å². The molecule has 0 aliphatic carbocycles. The van der Waals surface area contributed by atoms with Crippen LogP contribution in [0.25, 0.3) is 0 Å². The zero-order chi connectivity index (χ0) is 25.5. The van der Waals surface area contributed by atoms with Crippen molar-refractivity contribution in [3.63, 3.8) is 0 Å². The van der Waals surface area contributed by atoms with Crippen LogP contribution in [-0.4, -0.2) is 64.6 Å².